The molecular formula is C48H32BBr3O2S2. The van der Waals surface area contributed by atoms with E-state index in [1.807, 2.05) is 65.1 Å². The number of hydrogen-bond acceptors (Lipinski definition) is 4. The molecule has 8 heteroatoms. The maximum atomic E-state index is 9.22. The van der Waals surface area contributed by atoms with Crippen molar-refractivity contribution in [3.05, 3.63) is 195 Å². The first-order chi connectivity index (χ1) is 27.3. The summed E-state index contributed by atoms with van der Waals surface area (Å²) in [7, 11) is -1.43. The highest BCUT2D eigenvalue weighted by atomic mass is 79.9. The van der Waals surface area contributed by atoms with Crippen molar-refractivity contribution >= 4 is 123 Å². The summed E-state index contributed by atoms with van der Waals surface area (Å²) in [6.45, 7) is 0. The van der Waals surface area contributed by atoms with Gasteiger partial charge in [0.05, 0.1) is 0 Å². The first-order valence-corrected chi connectivity index (χ1v) is 21.9. The molecule has 8 aromatic carbocycles. The van der Waals surface area contributed by atoms with Crippen molar-refractivity contribution in [2.45, 2.75) is 0 Å². The van der Waals surface area contributed by atoms with Crippen LogP contribution in [0.15, 0.2) is 195 Å². The molecule has 0 amide bonds. The van der Waals surface area contributed by atoms with Crippen molar-refractivity contribution in [2.75, 3.05) is 0 Å². The van der Waals surface area contributed by atoms with Crippen LogP contribution in [0, 0.1) is 0 Å². The maximum absolute atomic E-state index is 9.22. The Morgan fingerprint density at radius 2 is 0.696 bits per heavy atom. The summed E-state index contributed by atoms with van der Waals surface area (Å²) in [6, 6.07) is 62.5. The normalized spacial score (nSPS) is 10.9. The Kier molecular flexibility index (Phi) is 12.0. The summed E-state index contributed by atoms with van der Waals surface area (Å²) >= 11 is 14.3. The fourth-order valence-corrected chi connectivity index (χ4v) is 10.8. The van der Waals surface area contributed by atoms with E-state index >= 15 is 0 Å². The van der Waals surface area contributed by atoms with Gasteiger partial charge in [-0.05, 0) is 81.3 Å². The van der Waals surface area contributed by atoms with Gasteiger partial charge >= 0.3 is 7.12 Å². The van der Waals surface area contributed by atoms with Crippen LogP contribution in [0.3, 0.4) is 0 Å². The summed E-state index contributed by atoms with van der Waals surface area (Å²) < 4.78 is 8.73. The Hall–Kier alpha value is -4.38. The number of rotatable bonds is 4. The van der Waals surface area contributed by atoms with E-state index in [9.17, 15) is 10.0 Å². The van der Waals surface area contributed by atoms with Crippen LogP contribution in [-0.2, 0) is 0 Å². The molecule has 0 atom stereocenters. The minimum absolute atomic E-state index is 0.531. The predicted molar refractivity (Wildman–Crippen MR) is 254 cm³/mol. The average molecular weight is 955 g/mol. The lowest BCUT2D eigenvalue weighted by Crippen LogP contribution is -2.31. The molecule has 0 aliphatic carbocycles. The van der Waals surface area contributed by atoms with E-state index in [1.54, 1.807) is 12.1 Å². The van der Waals surface area contributed by atoms with Crippen LogP contribution in [0.1, 0.15) is 0 Å². The van der Waals surface area contributed by atoms with Crippen molar-refractivity contribution in [3.8, 4) is 33.4 Å². The molecule has 0 bridgehead atoms. The van der Waals surface area contributed by atoms with E-state index in [2.05, 4.69) is 175 Å². The predicted octanol–water partition coefficient (Wildman–Crippen LogP) is 14.8. The van der Waals surface area contributed by atoms with E-state index in [-0.39, 0.29) is 0 Å². The summed E-state index contributed by atoms with van der Waals surface area (Å²) in [6.07, 6.45) is 0. The van der Waals surface area contributed by atoms with Crippen LogP contribution >= 0.6 is 70.5 Å². The Morgan fingerprint density at radius 3 is 1.16 bits per heavy atom. The van der Waals surface area contributed by atoms with Crippen LogP contribution in [0.5, 0.6) is 0 Å². The van der Waals surface area contributed by atoms with Crippen LogP contribution in [0.2, 0.25) is 0 Å². The number of benzene rings is 8. The first-order valence-electron chi connectivity index (χ1n) is 17.9. The minimum atomic E-state index is -1.43. The Balaban J connectivity index is 0.000000126. The zero-order valence-corrected chi connectivity index (χ0v) is 36.1. The fourth-order valence-electron chi connectivity index (χ4n) is 6.85. The van der Waals surface area contributed by atoms with Gasteiger partial charge in [0, 0.05) is 53.8 Å². The third-order valence-corrected chi connectivity index (χ3v) is 13.2. The summed E-state index contributed by atoms with van der Waals surface area (Å²) in [4.78, 5) is 0. The number of fused-ring (bicyclic) bond motifs is 6. The summed E-state index contributed by atoms with van der Waals surface area (Å²) in [5.41, 5.74) is 7.44. The molecule has 56 heavy (non-hydrogen) atoms. The smallest absolute Gasteiger partial charge is 0.423 e. The van der Waals surface area contributed by atoms with E-state index < -0.39 is 7.12 Å². The average Bonchev–Trinajstić information content (AvgIpc) is 3.77. The van der Waals surface area contributed by atoms with Crippen molar-refractivity contribution < 1.29 is 10.0 Å². The number of thiophene rings is 2. The number of hydrogen-bond donors (Lipinski definition) is 2. The lowest BCUT2D eigenvalue weighted by Gasteiger charge is -2.10. The first kappa shape index (κ1) is 38.5. The van der Waals surface area contributed by atoms with Gasteiger partial charge in [0.15, 0.2) is 0 Å². The van der Waals surface area contributed by atoms with Gasteiger partial charge < -0.3 is 10.0 Å². The molecule has 0 saturated carbocycles. The molecule has 2 aromatic heterocycles. The second-order valence-electron chi connectivity index (χ2n) is 13.1. The third kappa shape index (κ3) is 8.48. The number of halogens is 3. The van der Waals surface area contributed by atoms with Crippen molar-refractivity contribution in [1.29, 1.82) is 0 Å². The highest BCUT2D eigenvalue weighted by Crippen LogP contribution is 2.40. The monoisotopic (exact) mass is 952 g/mol. The molecule has 0 fully saturated rings. The van der Waals surface area contributed by atoms with E-state index in [0.29, 0.717) is 5.46 Å². The maximum Gasteiger partial charge on any atom is 0.489 e. The quantitative estimate of drug-likeness (QED) is 0.173. The van der Waals surface area contributed by atoms with Crippen LogP contribution in [0.25, 0.3) is 73.7 Å². The highest BCUT2D eigenvalue weighted by molar-refractivity contribution is 9.11. The Bertz CT molecular complexity index is 2890. The summed E-state index contributed by atoms with van der Waals surface area (Å²) in [5.74, 6) is 0. The zero-order chi connectivity index (χ0) is 38.6. The molecule has 0 radical (unpaired) electrons. The molecular weight excluding hydrogens is 923 g/mol. The molecule has 2 nitrogen and oxygen atoms in total. The van der Waals surface area contributed by atoms with Gasteiger partial charge in [-0.3, -0.25) is 0 Å². The van der Waals surface area contributed by atoms with Crippen LogP contribution in [0.4, 0.5) is 0 Å². The van der Waals surface area contributed by atoms with Crippen molar-refractivity contribution in [3.63, 3.8) is 0 Å². The van der Waals surface area contributed by atoms with Gasteiger partial charge in [-0.1, -0.05) is 187 Å². The SMILES string of the molecule is Brc1ccc2c(c1)sc1cc(-c3ccccc3-c3ccccc3)ccc12.Brc1ccc2c(c1)sc1cc(Br)ccc12.OB(O)c1ccccc1-c1ccccc1. The molecule has 0 unspecified atom stereocenters. The molecule has 2 N–H and O–H groups in total. The van der Waals surface area contributed by atoms with Gasteiger partial charge in [-0.15, -0.1) is 22.7 Å². The largest absolute Gasteiger partial charge is 0.489 e. The zero-order valence-electron chi connectivity index (χ0n) is 29.7. The Morgan fingerprint density at radius 1 is 0.339 bits per heavy atom. The topological polar surface area (TPSA) is 40.5 Å². The van der Waals surface area contributed by atoms with Crippen LogP contribution in [-0.4, -0.2) is 17.2 Å². The van der Waals surface area contributed by atoms with E-state index in [0.717, 1.165) is 24.5 Å². The van der Waals surface area contributed by atoms with E-state index in [4.69, 9.17) is 0 Å². The highest BCUT2D eigenvalue weighted by Gasteiger charge is 2.16. The minimum Gasteiger partial charge on any atom is -0.423 e. The molecule has 0 spiro atoms. The van der Waals surface area contributed by atoms with Crippen LogP contribution < -0.4 is 5.46 Å². The van der Waals surface area contributed by atoms with Crippen molar-refractivity contribution in [1.82, 2.24) is 0 Å². The lowest BCUT2D eigenvalue weighted by atomic mass is 9.75. The van der Waals surface area contributed by atoms with E-state index in [1.165, 1.54) is 62.6 Å². The molecule has 2 heterocycles. The van der Waals surface area contributed by atoms with Gasteiger partial charge in [0.25, 0.3) is 0 Å². The molecule has 0 saturated heterocycles. The second-order valence-corrected chi connectivity index (χ2v) is 18.0. The molecule has 10 aromatic rings. The fraction of sp³-hybridized carbons (Fsp3) is 0. The van der Waals surface area contributed by atoms with Gasteiger partial charge in [-0.25, -0.2) is 0 Å². The van der Waals surface area contributed by atoms with Crippen molar-refractivity contribution in [2.24, 2.45) is 0 Å². The Labute approximate surface area is 359 Å². The van der Waals surface area contributed by atoms with Gasteiger partial charge in [0.1, 0.15) is 0 Å². The lowest BCUT2D eigenvalue weighted by molar-refractivity contribution is 0.426. The molecule has 272 valence electrons. The van der Waals surface area contributed by atoms with Gasteiger partial charge in [0.2, 0.25) is 0 Å². The molecule has 10 rings (SSSR count). The van der Waals surface area contributed by atoms with Gasteiger partial charge in [-0.2, -0.15) is 0 Å². The summed E-state index contributed by atoms with van der Waals surface area (Å²) in [5, 5.41) is 23.8. The second kappa shape index (κ2) is 17.4. The molecule has 0 aliphatic heterocycles. The molecule has 0 aliphatic rings. The standard InChI is InChI=1S/C24H15BrS.C12H11BO2.C12H6Br2S/c25-18-11-13-22-21-12-10-17(14-23(21)26-24(22)15-18)20-9-5-4-8-19(20)16-6-2-1-3-7-16;14-13(15)12-9-5-4-8-11(12)10-6-2-1-3-7-10;13-7-1-3-9-10-4-2-8(14)6-12(10)15-11(9)5-7/h1-15H;1-9,14-15H;1-6H. The third-order valence-electron chi connectivity index (χ3n) is 9.48.